The summed E-state index contributed by atoms with van der Waals surface area (Å²) in [4.78, 5) is 36.6. The van der Waals surface area contributed by atoms with E-state index in [4.69, 9.17) is 0 Å². The van der Waals surface area contributed by atoms with E-state index in [9.17, 15) is 36.0 Å². The molecule has 2 rings (SSSR count). The summed E-state index contributed by atoms with van der Waals surface area (Å²) >= 11 is 0. The average Bonchev–Trinajstić information content (AvgIpc) is 2.53. The maximum Gasteiger partial charge on any atom is 0.416 e. The maximum absolute atomic E-state index is 13.0. The van der Waals surface area contributed by atoms with Crippen LogP contribution in [0.2, 0.25) is 0 Å². The molecule has 1 aromatic carbocycles. The molecule has 0 aromatic heterocycles. The van der Waals surface area contributed by atoms with E-state index in [0.717, 1.165) is 6.07 Å². The highest BCUT2D eigenvalue weighted by atomic mass is 32.2. The van der Waals surface area contributed by atoms with Gasteiger partial charge in [0.05, 0.1) is 11.3 Å². The molecule has 0 saturated heterocycles. The van der Waals surface area contributed by atoms with E-state index >= 15 is 0 Å². The zero-order chi connectivity index (χ0) is 19.7. The number of carbonyl (C=O) groups is 3. The molecule has 142 valence electrons. The Labute approximate surface area is 148 Å². The minimum atomic E-state index is -4.72. The van der Waals surface area contributed by atoms with Crippen LogP contribution in [0.3, 0.4) is 0 Å². The predicted molar refractivity (Wildman–Crippen MR) is 86.3 cm³/mol. The van der Waals surface area contributed by atoms with E-state index in [0.29, 0.717) is 18.6 Å². The predicted octanol–water partition coefficient (Wildman–Crippen LogP) is 2.76. The molecular weight excluding hydrogens is 373 g/mol. The van der Waals surface area contributed by atoms with Crippen LogP contribution in [-0.4, -0.2) is 31.5 Å². The Kier molecular flexibility index (Phi) is 5.70. The first-order valence-electron chi connectivity index (χ1n) is 7.96. The number of alkyl halides is 3. The third-order valence-corrected chi connectivity index (χ3v) is 5.90. The highest BCUT2D eigenvalue weighted by molar-refractivity contribution is 7.90. The highest BCUT2D eigenvalue weighted by Crippen LogP contribution is 2.32. The number of rotatable bonds is 5. The van der Waals surface area contributed by atoms with Gasteiger partial charge in [0.1, 0.15) is 5.92 Å². The van der Waals surface area contributed by atoms with Crippen LogP contribution in [-0.2, 0) is 31.4 Å². The normalized spacial score (nSPS) is 16.8. The number of sulfone groups is 1. The number of hydrogen-bond donors (Lipinski definition) is 0. The molecule has 0 amide bonds. The van der Waals surface area contributed by atoms with Gasteiger partial charge < -0.3 is 0 Å². The van der Waals surface area contributed by atoms with Gasteiger partial charge in [0, 0.05) is 24.2 Å². The quantitative estimate of drug-likeness (QED) is 0.570. The molecule has 1 aromatic rings. The van der Waals surface area contributed by atoms with Crippen molar-refractivity contribution in [1.82, 2.24) is 0 Å². The monoisotopic (exact) mass is 390 g/mol. The standard InChI is InChI=1S/C17H17F3O5S/c1-2-26(24,25)9-10-8-11(17(18,19)20)6-7-12(10)16(23)15-13(21)4-3-5-14(15)22/h6-8,15H,2-5,9H2,1H3. The number of carbonyl (C=O) groups excluding carboxylic acids is 3. The van der Waals surface area contributed by atoms with E-state index in [1.54, 1.807) is 0 Å². The van der Waals surface area contributed by atoms with Crippen molar-refractivity contribution >= 4 is 27.2 Å². The van der Waals surface area contributed by atoms with Crippen molar-refractivity contribution in [2.45, 2.75) is 38.1 Å². The van der Waals surface area contributed by atoms with Gasteiger partial charge in [-0.15, -0.1) is 0 Å². The van der Waals surface area contributed by atoms with Gasteiger partial charge in [0.2, 0.25) is 0 Å². The van der Waals surface area contributed by atoms with Gasteiger partial charge in [-0.3, -0.25) is 14.4 Å². The van der Waals surface area contributed by atoms with Crippen LogP contribution in [0.15, 0.2) is 18.2 Å². The van der Waals surface area contributed by atoms with Crippen molar-refractivity contribution in [2.75, 3.05) is 5.75 Å². The summed E-state index contributed by atoms with van der Waals surface area (Å²) in [5.74, 6) is -4.77. The Bertz CT molecular complexity index is 840. The van der Waals surface area contributed by atoms with Crippen LogP contribution in [0, 0.1) is 5.92 Å². The fraction of sp³-hybridized carbons (Fsp3) is 0.471. The second-order valence-electron chi connectivity index (χ2n) is 6.13. The Balaban J connectivity index is 2.54. The number of benzene rings is 1. The topological polar surface area (TPSA) is 85.3 Å². The number of ketones is 3. The van der Waals surface area contributed by atoms with Crippen molar-refractivity contribution < 1.29 is 36.0 Å². The fourth-order valence-corrected chi connectivity index (χ4v) is 3.74. The van der Waals surface area contributed by atoms with Crippen LogP contribution >= 0.6 is 0 Å². The molecule has 1 aliphatic rings. The second-order valence-corrected chi connectivity index (χ2v) is 8.48. The lowest BCUT2D eigenvalue weighted by Crippen LogP contribution is -2.35. The molecule has 5 nitrogen and oxygen atoms in total. The molecular formula is C17H17F3O5S. The van der Waals surface area contributed by atoms with Crippen LogP contribution < -0.4 is 0 Å². The minimum Gasteiger partial charge on any atom is -0.298 e. The summed E-state index contributed by atoms with van der Waals surface area (Å²) in [6.45, 7) is 1.33. The number of Topliss-reactive ketones (excluding diaryl/α,β-unsaturated/α-hetero) is 3. The zero-order valence-corrected chi connectivity index (χ0v) is 14.7. The van der Waals surface area contributed by atoms with E-state index in [-0.39, 0.29) is 29.7 Å². The lowest BCUT2D eigenvalue weighted by molar-refractivity contribution is -0.138. The van der Waals surface area contributed by atoms with E-state index in [2.05, 4.69) is 0 Å². The fourth-order valence-electron chi connectivity index (χ4n) is 2.82. The molecule has 1 aliphatic carbocycles. The van der Waals surface area contributed by atoms with E-state index in [1.807, 2.05) is 0 Å². The van der Waals surface area contributed by atoms with Gasteiger partial charge >= 0.3 is 6.18 Å². The Morgan fingerprint density at radius 2 is 1.73 bits per heavy atom. The average molecular weight is 390 g/mol. The Morgan fingerprint density at radius 3 is 2.23 bits per heavy atom. The van der Waals surface area contributed by atoms with Crippen molar-refractivity contribution in [2.24, 2.45) is 5.92 Å². The first-order valence-corrected chi connectivity index (χ1v) is 9.78. The molecule has 0 radical (unpaired) electrons. The van der Waals surface area contributed by atoms with Gasteiger partial charge in [-0.25, -0.2) is 8.42 Å². The van der Waals surface area contributed by atoms with Crippen molar-refractivity contribution in [3.8, 4) is 0 Å². The van der Waals surface area contributed by atoms with Gasteiger partial charge in [-0.05, 0) is 24.1 Å². The van der Waals surface area contributed by atoms with Gasteiger partial charge in [-0.1, -0.05) is 13.0 Å². The molecule has 0 unspecified atom stereocenters. The lowest BCUT2D eigenvalue weighted by atomic mass is 9.80. The summed E-state index contributed by atoms with van der Waals surface area (Å²) in [7, 11) is -3.74. The lowest BCUT2D eigenvalue weighted by Gasteiger charge is -2.20. The summed E-state index contributed by atoms with van der Waals surface area (Å²) in [5, 5.41) is 0. The molecule has 0 aliphatic heterocycles. The molecule has 0 bridgehead atoms. The van der Waals surface area contributed by atoms with E-state index in [1.165, 1.54) is 6.92 Å². The molecule has 1 fully saturated rings. The summed E-state index contributed by atoms with van der Waals surface area (Å²) < 4.78 is 62.6. The number of hydrogen-bond acceptors (Lipinski definition) is 5. The number of halogens is 3. The van der Waals surface area contributed by atoms with Crippen LogP contribution in [0.5, 0.6) is 0 Å². The summed E-state index contributed by atoms with van der Waals surface area (Å²) in [5.41, 5.74) is -1.78. The van der Waals surface area contributed by atoms with Gasteiger partial charge in [0.25, 0.3) is 0 Å². The van der Waals surface area contributed by atoms with Crippen LogP contribution in [0.25, 0.3) is 0 Å². The van der Waals surface area contributed by atoms with Crippen molar-refractivity contribution in [3.63, 3.8) is 0 Å². The molecule has 0 atom stereocenters. The molecule has 9 heteroatoms. The molecule has 1 saturated carbocycles. The van der Waals surface area contributed by atoms with Crippen LogP contribution in [0.1, 0.15) is 47.7 Å². The van der Waals surface area contributed by atoms with Crippen molar-refractivity contribution in [3.05, 3.63) is 34.9 Å². The first kappa shape index (κ1) is 20.3. The zero-order valence-electron chi connectivity index (χ0n) is 13.9. The maximum atomic E-state index is 13.0. The molecule has 26 heavy (non-hydrogen) atoms. The highest BCUT2D eigenvalue weighted by Gasteiger charge is 2.38. The van der Waals surface area contributed by atoms with E-state index < -0.39 is 50.6 Å². The SMILES string of the molecule is CCS(=O)(=O)Cc1cc(C(F)(F)F)ccc1C(=O)C1C(=O)CCCC1=O. The third kappa shape index (κ3) is 4.38. The molecule has 0 N–H and O–H groups in total. The molecule has 0 heterocycles. The van der Waals surface area contributed by atoms with Gasteiger partial charge in [0.15, 0.2) is 27.2 Å². The largest absolute Gasteiger partial charge is 0.416 e. The minimum absolute atomic E-state index is 0.0331. The third-order valence-electron chi connectivity index (χ3n) is 4.27. The first-order chi connectivity index (χ1) is 12.0. The summed E-state index contributed by atoms with van der Waals surface area (Å²) in [6, 6.07) is 2.09. The van der Waals surface area contributed by atoms with Gasteiger partial charge in [-0.2, -0.15) is 13.2 Å². The van der Waals surface area contributed by atoms with Crippen molar-refractivity contribution in [1.29, 1.82) is 0 Å². The smallest absolute Gasteiger partial charge is 0.298 e. The van der Waals surface area contributed by atoms with Crippen LogP contribution in [0.4, 0.5) is 13.2 Å². The Hall–Kier alpha value is -2.03. The molecule has 0 spiro atoms. The summed E-state index contributed by atoms with van der Waals surface area (Å²) in [6.07, 6.45) is -4.33. The Morgan fingerprint density at radius 1 is 1.15 bits per heavy atom. The second kappa shape index (κ2) is 7.30.